The number of halogens is 1. The number of amides is 2. The summed E-state index contributed by atoms with van der Waals surface area (Å²) in [7, 11) is 0. The van der Waals surface area contributed by atoms with Crippen LogP contribution in [0.2, 0.25) is 0 Å². The van der Waals surface area contributed by atoms with Crippen molar-refractivity contribution in [1.82, 2.24) is 19.8 Å². The Hall–Kier alpha value is -2.39. The number of hydrogen-bond acceptors (Lipinski definition) is 6. The molecule has 0 bridgehead atoms. The highest BCUT2D eigenvalue weighted by Gasteiger charge is 2.45. The fraction of sp³-hybridized carbons (Fsp3) is 0.444. The van der Waals surface area contributed by atoms with Crippen LogP contribution in [0.25, 0.3) is 0 Å². The number of aliphatic hydroxyl groups is 1. The van der Waals surface area contributed by atoms with Crippen molar-refractivity contribution in [3.05, 3.63) is 46.2 Å². The summed E-state index contributed by atoms with van der Waals surface area (Å²) in [6.45, 7) is 3.86. The normalized spacial score (nSPS) is 16.5. The Labute approximate surface area is 160 Å². The topological polar surface area (TPSA) is 95.4 Å². The van der Waals surface area contributed by atoms with Gasteiger partial charge in [0.1, 0.15) is 16.3 Å². The van der Waals surface area contributed by atoms with Gasteiger partial charge in [0.2, 0.25) is 5.91 Å². The van der Waals surface area contributed by atoms with Gasteiger partial charge in [0, 0.05) is 0 Å². The molecule has 1 saturated heterocycles. The first kappa shape index (κ1) is 19.4. The van der Waals surface area contributed by atoms with E-state index in [0.29, 0.717) is 22.6 Å². The predicted octanol–water partition coefficient (Wildman–Crippen LogP) is 1.35. The molecule has 1 fully saturated rings. The summed E-state index contributed by atoms with van der Waals surface area (Å²) < 4.78 is 17.1. The summed E-state index contributed by atoms with van der Waals surface area (Å²) in [6, 6.07) is 5.93. The standard InChI is InChI=1S/C18H21FN4O3S/c1-3-14-15(27-22-21-14)16(24)20-8-18(26)9-23(10-18)17(25)11(2)12-5-4-6-13(19)7-12/h4-7,11,26H,3,8-10H2,1-2H3,(H,20,24). The van der Waals surface area contributed by atoms with Gasteiger partial charge in [-0.15, -0.1) is 5.10 Å². The summed E-state index contributed by atoms with van der Waals surface area (Å²) in [5.41, 5.74) is 0.0460. The zero-order valence-corrected chi connectivity index (χ0v) is 15.9. The van der Waals surface area contributed by atoms with Crippen LogP contribution in [-0.4, -0.2) is 56.6 Å². The van der Waals surface area contributed by atoms with Crippen LogP contribution in [0, 0.1) is 5.82 Å². The number of nitrogens with one attached hydrogen (secondary N) is 1. The molecule has 0 aliphatic carbocycles. The summed E-state index contributed by atoms with van der Waals surface area (Å²) in [4.78, 5) is 26.7. The largest absolute Gasteiger partial charge is 0.384 e. The number of likely N-dealkylation sites (tertiary alicyclic amines) is 1. The average molecular weight is 392 g/mol. The molecule has 1 aromatic carbocycles. The second-order valence-corrected chi connectivity index (χ2v) is 7.53. The molecule has 2 aromatic rings. The summed E-state index contributed by atoms with van der Waals surface area (Å²) in [6.07, 6.45) is 0.601. The van der Waals surface area contributed by atoms with Gasteiger partial charge < -0.3 is 15.3 Å². The van der Waals surface area contributed by atoms with E-state index in [1.54, 1.807) is 19.1 Å². The second kappa shape index (κ2) is 7.69. The SMILES string of the molecule is CCc1nnsc1C(=O)NCC1(O)CN(C(=O)C(C)c2cccc(F)c2)C1. The van der Waals surface area contributed by atoms with Gasteiger partial charge in [-0.3, -0.25) is 9.59 Å². The van der Waals surface area contributed by atoms with Crippen molar-refractivity contribution in [2.45, 2.75) is 31.8 Å². The maximum atomic E-state index is 13.3. The van der Waals surface area contributed by atoms with Crippen LogP contribution in [0.4, 0.5) is 4.39 Å². The molecule has 7 nitrogen and oxygen atoms in total. The molecule has 144 valence electrons. The van der Waals surface area contributed by atoms with Crippen LogP contribution < -0.4 is 5.32 Å². The quantitative estimate of drug-likeness (QED) is 0.774. The van der Waals surface area contributed by atoms with E-state index in [2.05, 4.69) is 14.9 Å². The maximum Gasteiger partial charge on any atom is 0.265 e. The van der Waals surface area contributed by atoms with E-state index >= 15 is 0 Å². The Kier molecular flexibility index (Phi) is 5.52. The fourth-order valence-electron chi connectivity index (χ4n) is 3.06. The number of hydrogen-bond donors (Lipinski definition) is 2. The molecular formula is C18H21FN4O3S. The van der Waals surface area contributed by atoms with Gasteiger partial charge in [0.15, 0.2) is 0 Å². The first-order valence-electron chi connectivity index (χ1n) is 8.69. The molecule has 2 N–H and O–H groups in total. The molecule has 1 aliphatic heterocycles. The van der Waals surface area contributed by atoms with E-state index in [1.807, 2.05) is 6.92 Å². The smallest absolute Gasteiger partial charge is 0.265 e. The van der Waals surface area contributed by atoms with Crippen LogP contribution in [0.1, 0.15) is 40.7 Å². The van der Waals surface area contributed by atoms with Crippen molar-refractivity contribution < 1.29 is 19.1 Å². The van der Waals surface area contributed by atoms with Crippen molar-refractivity contribution in [1.29, 1.82) is 0 Å². The Morgan fingerprint density at radius 1 is 1.44 bits per heavy atom. The van der Waals surface area contributed by atoms with Crippen molar-refractivity contribution in [3.63, 3.8) is 0 Å². The van der Waals surface area contributed by atoms with Crippen molar-refractivity contribution >= 4 is 23.3 Å². The minimum absolute atomic E-state index is 0.0328. The van der Waals surface area contributed by atoms with Gasteiger partial charge in [0.25, 0.3) is 5.91 Å². The number of aryl methyl sites for hydroxylation is 1. The Morgan fingerprint density at radius 2 is 2.19 bits per heavy atom. The minimum atomic E-state index is -1.17. The van der Waals surface area contributed by atoms with Crippen LogP contribution in [0.15, 0.2) is 24.3 Å². The molecule has 1 unspecified atom stereocenters. The zero-order valence-electron chi connectivity index (χ0n) is 15.1. The molecule has 1 aromatic heterocycles. The monoisotopic (exact) mass is 392 g/mol. The Morgan fingerprint density at radius 3 is 2.85 bits per heavy atom. The summed E-state index contributed by atoms with van der Waals surface area (Å²) >= 11 is 1.02. The van der Waals surface area contributed by atoms with E-state index in [9.17, 15) is 19.1 Å². The van der Waals surface area contributed by atoms with E-state index in [4.69, 9.17) is 0 Å². The highest BCUT2D eigenvalue weighted by molar-refractivity contribution is 7.08. The van der Waals surface area contributed by atoms with Crippen molar-refractivity contribution in [2.75, 3.05) is 19.6 Å². The number of aromatic nitrogens is 2. The lowest BCUT2D eigenvalue weighted by Gasteiger charge is -2.47. The molecule has 1 atom stereocenters. The molecule has 9 heteroatoms. The van der Waals surface area contributed by atoms with Crippen LogP contribution >= 0.6 is 11.5 Å². The fourth-order valence-corrected chi connectivity index (χ4v) is 3.73. The number of benzene rings is 1. The van der Waals surface area contributed by atoms with Crippen LogP contribution in [0.3, 0.4) is 0 Å². The maximum absolute atomic E-state index is 13.3. The van der Waals surface area contributed by atoms with Gasteiger partial charge >= 0.3 is 0 Å². The Bertz CT molecular complexity index is 851. The number of nitrogens with zero attached hydrogens (tertiary/aromatic N) is 3. The molecule has 1 aliphatic rings. The first-order chi connectivity index (χ1) is 12.8. The molecule has 3 rings (SSSR count). The van der Waals surface area contributed by atoms with Crippen molar-refractivity contribution in [3.8, 4) is 0 Å². The van der Waals surface area contributed by atoms with Gasteiger partial charge in [-0.1, -0.05) is 23.5 Å². The minimum Gasteiger partial charge on any atom is -0.384 e. The lowest BCUT2D eigenvalue weighted by atomic mass is 9.90. The third-order valence-electron chi connectivity index (χ3n) is 4.68. The zero-order chi connectivity index (χ0) is 19.6. The highest BCUT2D eigenvalue weighted by Crippen LogP contribution is 2.26. The third kappa shape index (κ3) is 4.14. The van der Waals surface area contributed by atoms with Gasteiger partial charge in [0.05, 0.1) is 31.2 Å². The first-order valence-corrected chi connectivity index (χ1v) is 9.46. The molecule has 0 radical (unpaired) electrons. The lowest BCUT2D eigenvalue weighted by molar-refractivity contribution is -0.155. The Balaban J connectivity index is 1.53. The number of carbonyl (C=O) groups excluding carboxylic acids is 2. The summed E-state index contributed by atoms with van der Waals surface area (Å²) in [5, 5.41) is 17.1. The molecule has 2 heterocycles. The molecular weight excluding hydrogens is 371 g/mol. The van der Waals surface area contributed by atoms with E-state index in [1.165, 1.54) is 17.0 Å². The second-order valence-electron chi connectivity index (χ2n) is 6.78. The van der Waals surface area contributed by atoms with E-state index in [-0.39, 0.29) is 37.3 Å². The number of carbonyl (C=O) groups is 2. The molecule has 0 saturated carbocycles. The number of β-amino-alcohol motifs (C(OH)–C–C–N with tert-alkyl or cyclic N) is 1. The molecule has 27 heavy (non-hydrogen) atoms. The van der Waals surface area contributed by atoms with E-state index in [0.717, 1.165) is 11.5 Å². The van der Waals surface area contributed by atoms with Gasteiger partial charge in [-0.25, -0.2) is 4.39 Å². The predicted molar refractivity (Wildman–Crippen MR) is 98.0 cm³/mol. The molecule has 0 spiro atoms. The lowest BCUT2D eigenvalue weighted by Crippen LogP contribution is -2.68. The average Bonchev–Trinajstić information content (AvgIpc) is 3.11. The van der Waals surface area contributed by atoms with Gasteiger partial charge in [-0.05, 0) is 42.6 Å². The van der Waals surface area contributed by atoms with E-state index < -0.39 is 11.5 Å². The van der Waals surface area contributed by atoms with Crippen LogP contribution in [-0.2, 0) is 11.2 Å². The number of rotatable bonds is 6. The highest BCUT2D eigenvalue weighted by atomic mass is 32.1. The van der Waals surface area contributed by atoms with Gasteiger partial charge in [-0.2, -0.15) is 0 Å². The van der Waals surface area contributed by atoms with Crippen molar-refractivity contribution in [2.24, 2.45) is 0 Å². The molecule has 2 amide bonds. The van der Waals surface area contributed by atoms with Crippen LogP contribution in [0.5, 0.6) is 0 Å². The third-order valence-corrected chi connectivity index (χ3v) is 5.44. The summed E-state index contributed by atoms with van der Waals surface area (Å²) in [5.74, 6) is -1.40.